The molecule has 0 aromatic carbocycles. The molecule has 39 heavy (non-hydrogen) atoms. The summed E-state index contributed by atoms with van der Waals surface area (Å²) in [5, 5.41) is 9.30. The zero-order valence-electron chi connectivity index (χ0n) is 25.8. The lowest BCUT2D eigenvalue weighted by Gasteiger charge is -2.11. The van der Waals surface area contributed by atoms with Crippen molar-refractivity contribution in [2.45, 2.75) is 174 Å². The maximum atomic E-state index is 11.6. The number of hydrogen-bond donors (Lipinski definition) is 1. The second-order valence-corrected chi connectivity index (χ2v) is 11.5. The van der Waals surface area contributed by atoms with E-state index in [1.165, 1.54) is 134 Å². The monoisotopic (exact) mass is 548 g/mol. The molecule has 4 heteroatoms. The molecule has 0 heterocycles. The van der Waals surface area contributed by atoms with E-state index >= 15 is 0 Å². The largest absolute Gasteiger partial charge is 0.481 e. The molecule has 0 spiro atoms. The van der Waals surface area contributed by atoms with Gasteiger partial charge in [-0.05, 0) is 32.1 Å². The first-order chi connectivity index (χ1) is 19.1. The van der Waals surface area contributed by atoms with Gasteiger partial charge in [0.25, 0.3) is 0 Å². The van der Waals surface area contributed by atoms with Gasteiger partial charge in [-0.2, -0.15) is 0 Å². The van der Waals surface area contributed by atoms with Crippen molar-refractivity contribution in [2.75, 3.05) is 6.61 Å². The molecule has 0 aliphatic carbocycles. The van der Waals surface area contributed by atoms with E-state index in [0.29, 0.717) is 6.42 Å². The molecule has 0 rings (SSSR count). The normalized spacial score (nSPS) is 12.1. The van der Waals surface area contributed by atoms with Crippen molar-refractivity contribution in [3.8, 4) is 0 Å². The Hall–Kier alpha value is -1.58. The molecule has 0 radical (unpaired) electrons. The summed E-state index contributed by atoms with van der Waals surface area (Å²) in [7, 11) is 0. The Kier molecular flexibility index (Phi) is 29.7. The van der Waals surface area contributed by atoms with Crippen LogP contribution in [0.4, 0.5) is 0 Å². The summed E-state index contributed by atoms with van der Waals surface area (Å²) in [4.78, 5) is 23.0. The molecule has 1 unspecified atom stereocenters. The summed E-state index contributed by atoms with van der Waals surface area (Å²) in [6, 6.07) is 0. The van der Waals surface area contributed by atoms with Crippen LogP contribution in [0.2, 0.25) is 0 Å². The van der Waals surface area contributed by atoms with E-state index in [0.717, 1.165) is 25.7 Å². The third kappa shape index (κ3) is 29.2. The maximum Gasteiger partial charge on any atom is 0.307 e. The Morgan fingerprint density at radius 2 is 1.03 bits per heavy atom. The summed E-state index contributed by atoms with van der Waals surface area (Å²) in [5.41, 5.74) is 0. The molecular formula is C35H64O4. The molecule has 0 fully saturated rings. The van der Waals surface area contributed by atoms with E-state index in [9.17, 15) is 14.7 Å². The summed E-state index contributed by atoms with van der Waals surface area (Å²) in [5.74, 6) is -2.03. The van der Waals surface area contributed by atoms with E-state index in [1.54, 1.807) is 0 Å². The minimum atomic E-state index is -0.916. The van der Waals surface area contributed by atoms with Crippen LogP contribution < -0.4 is 0 Å². The number of hydrogen-bond acceptors (Lipinski definition) is 3. The predicted molar refractivity (Wildman–Crippen MR) is 167 cm³/mol. The average molecular weight is 549 g/mol. The van der Waals surface area contributed by atoms with Crippen LogP contribution >= 0.6 is 0 Å². The smallest absolute Gasteiger partial charge is 0.307 e. The number of carbonyl (C=O) groups is 2. The number of carboxylic acids is 1. The van der Waals surface area contributed by atoms with Crippen molar-refractivity contribution in [1.29, 1.82) is 0 Å². The van der Waals surface area contributed by atoms with Gasteiger partial charge in [0.2, 0.25) is 0 Å². The van der Waals surface area contributed by atoms with E-state index in [-0.39, 0.29) is 13.0 Å². The number of allylic oxidation sites excluding steroid dienone is 2. The lowest BCUT2D eigenvalue weighted by atomic mass is 9.98. The van der Waals surface area contributed by atoms with Crippen LogP contribution in [0.15, 0.2) is 24.8 Å². The van der Waals surface area contributed by atoms with E-state index in [2.05, 4.69) is 25.7 Å². The molecule has 0 aliphatic heterocycles. The fourth-order valence-corrected chi connectivity index (χ4v) is 5.13. The zero-order chi connectivity index (χ0) is 28.7. The van der Waals surface area contributed by atoms with Gasteiger partial charge in [0.1, 0.15) is 6.61 Å². The minimum Gasteiger partial charge on any atom is -0.481 e. The van der Waals surface area contributed by atoms with Gasteiger partial charge in [-0.15, -0.1) is 0 Å². The summed E-state index contributed by atoms with van der Waals surface area (Å²) < 4.78 is 4.90. The van der Waals surface area contributed by atoms with Gasteiger partial charge < -0.3 is 9.84 Å². The van der Waals surface area contributed by atoms with Crippen molar-refractivity contribution in [3.63, 3.8) is 0 Å². The molecule has 0 aliphatic rings. The topological polar surface area (TPSA) is 63.6 Å². The van der Waals surface area contributed by atoms with Crippen LogP contribution in [0.3, 0.4) is 0 Å². The fourth-order valence-electron chi connectivity index (χ4n) is 5.13. The maximum absolute atomic E-state index is 11.6. The molecule has 1 atom stereocenters. The Morgan fingerprint density at radius 1 is 0.641 bits per heavy atom. The summed E-state index contributed by atoms with van der Waals surface area (Å²) >= 11 is 0. The van der Waals surface area contributed by atoms with Gasteiger partial charge in [-0.25, -0.2) is 0 Å². The third-order valence-corrected chi connectivity index (χ3v) is 7.69. The van der Waals surface area contributed by atoms with Gasteiger partial charge in [0.15, 0.2) is 0 Å². The minimum absolute atomic E-state index is 0.0571. The number of ether oxygens (including phenoxy) is 1. The highest BCUT2D eigenvalue weighted by atomic mass is 16.5. The molecule has 0 aromatic rings. The van der Waals surface area contributed by atoms with Crippen molar-refractivity contribution < 1.29 is 19.4 Å². The van der Waals surface area contributed by atoms with Crippen molar-refractivity contribution in [3.05, 3.63) is 24.8 Å². The number of carboxylic acid groups (broad SMARTS) is 1. The molecule has 1 N–H and O–H groups in total. The lowest BCUT2D eigenvalue weighted by Crippen LogP contribution is -2.19. The Morgan fingerprint density at radius 3 is 1.41 bits per heavy atom. The van der Waals surface area contributed by atoms with Gasteiger partial charge >= 0.3 is 11.9 Å². The predicted octanol–water partition coefficient (Wildman–Crippen LogP) is 11.1. The summed E-state index contributed by atoms with van der Waals surface area (Å²) in [6.45, 7) is 5.91. The highest BCUT2D eigenvalue weighted by molar-refractivity contribution is 5.78. The first-order valence-corrected chi connectivity index (χ1v) is 16.8. The second-order valence-electron chi connectivity index (χ2n) is 11.5. The first kappa shape index (κ1) is 37.4. The molecule has 0 aromatic heterocycles. The molecule has 4 nitrogen and oxygen atoms in total. The van der Waals surface area contributed by atoms with E-state index in [4.69, 9.17) is 4.74 Å². The number of aliphatic carboxylic acids is 1. The molecule has 0 bridgehead atoms. The molecule has 0 saturated heterocycles. The quantitative estimate of drug-likeness (QED) is 0.0531. The zero-order valence-corrected chi connectivity index (χ0v) is 25.8. The summed E-state index contributed by atoms with van der Waals surface area (Å²) in [6.07, 6.45) is 38.6. The Balaban J connectivity index is 3.34. The van der Waals surface area contributed by atoms with E-state index in [1.807, 2.05) is 0 Å². The van der Waals surface area contributed by atoms with Crippen LogP contribution in [0, 0.1) is 5.92 Å². The van der Waals surface area contributed by atoms with Crippen LogP contribution in [-0.4, -0.2) is 23.7 Å². The van der Waals surface area contributed by atoms with Crippen LogP contribution in [0.5, 0.6) is 0 Å². The number of unbranched alkanes of at least 4 members (excludes halogenated alkanes) is 22. The molecule has 0 saturated carbocycles. The second kappa shape index (κ2) is 31.0. The van der Waals surface area contributed by atoms with Crippen LogP contribution in [0.1, 0.15) is 174 Å². The molecule has 0 amide bonds. The first-order valence-electron chi connectivity index (χ1n) is 16.8. The highest BCUT2D eigenvalue weighted by Crippen LogP contribution is 2.17. The lowest BCUT2D eigenvalue weighted by molar-refractivity contribution is -0.151. The van der Waals surface area contributed by atoms with Crippen molar-refractivity contribution >= 4 is 11.9 Å². The average Bonchev–Trinajstić information content (AvgIpc) is 2.93. The van der Waals surface area contributed by atoms with Crippen LogP contribution in [-0.2, 0) is 14.3 Å². The standard InChI is InChI=1S/C35H64O4/c1-3-5-6-7-8-9-10-11-12-13-14-15-16-17-18-19-20-21-22-23-24-25-26-27-28-29-30-33(35(37)38)32-34(36)39-31-4-2/h4,25-26,33H,2-3,5-24,27-32H2,1H3,(H,37,38)/b26-25+. The van der Waals surface area contributed by atoms with E-state index < -0.39 is 17.9 Å². The fraction of sp³-hybridized carbons (Fsp3) is 0.829. The number of esters is 1. The molecular weight excluding hydrogens is 484 g/mol. The van der Waals surface area contributed by atoms with Gasteiger partial charge in [-0.3, -0.25) is 9.59 Å². The van der Waals surface area contributed by atoms with Crippen molar-refractivity contribution in [1.82, 2.24) is 0 Å². The Labute approximate surface area is 242 Å². The van der Waals surface area contributed by atoms with Gasteiger partial charge in [0, 0.05) is 0 Å². The van der Waals surface area contributed by atoms with Gasteiger partial charge in [0.05, 0.1) is 12.3 Å². The van der Waals surface area contributed by atoms with Crippen molar-refractivity contribution in [2.24, 2.45) is 5.92 Å². The molecule has 228 valence electrons. The SMILES string of the molecule is C=CCOC(=O)CC(CCCC/C=C/CCCCCCCCCCCCCCCCCCCCCC)C(=O)O. The number of rotatable bonds is 31. The Bertz CT molecular complexity index is 583. The number of carbonyl (C=O) groups excluding carboxylic acids is 1. The van der Waals surface area contributed by atoms with Crippen LogP contribution in [0.25, 0.3) is 0 Å². The van der Waals surface area contributed by atoms with Gasteiger partial charge in [-0.1, -0.05) is 160 Å². The third-order valence-electron chi connectivity index (χ3n) is 7.69. The highest BCUT2D eigenvalue weighted by Gasteiger charge is 2.21.